The van der Waals surface area contributed by atoms with Crippen LogP contribution in [0.5, 0.6) is 11.5 Å². The second kappa shape index (κ2) is 18.1. The number of para-hydroxylation sites is 2. The van der Waals surface area contributed by atoms with Gasteiger partial charge in [0.2, 0.25) is 0 Å². The van der Waals surface area contributed by atoms with E-state index in [0.717, 1.165) is 50.4 Å². The van der Waals surface area contributed by atoms with Gasteiger partial charge >= 0.3 is 0 Å². The minimum absolute atomic E-state index is 0. The number of hydrogen-bond donors (Lipinski definition) is 0. The largest absolute Gasteiger partial charge is 0.509 e. The molecular formula is C65H73N4OPt-3. The van der Waals surface area contributed by atoms with Gasteiger partial charge < -0.3 is 19.1 Å². The molecule has 0 atom stereocenters. The van der Waals surface area contributed by atoms with Crippen LogP contribution in [-0.2, 0) is 53.6 Å². The van der Waals surface area contributed by atoms with E-state index in [2.05, 4.69) is 254 Å². The summed E-state index contributed by atoms with van der Waals surface area (Å²) in [5.74, 6) is 2.05. The Labute approximate surface area is 439 Å². The maximum atomic E-state index is 6.77. The molecule has 0 saturated heterocycles. The predicted molar refractivity (Wildman–Crippen MR) is 296 cm³/mol. The van der Waals surface area contributed by atoms with Crippen molar-refractivity contribution in [2.45, 2.75) is 150 Å². The molecule has 1 aliphatic heterocycles. The van der Waals surface area contributed by atoms with Crippen LogP contribution >= 0.6 is 0 Å². The van der Waals surface area contributed by atoms with Gasteiger partial charge in [-0.05, 0) is 114 Å². The molecule has 8 aromatic rings. The van der Waals surface area contributed by atoms with Crippen molar-refractivity contribution < 1.29 is 25.8 Å². The SMILES string of the molecule is CC(C)(C)c1cc(N2[CH-]N(c3[c-]c(Oc4[c-]c5c(cc4)c4cc(C(C)(C)C)ccc4n5-c4cc(C(C)(C)c5cc(C(C)(C)C)cc(C(C)(C)C)c5)ccn4)ccc3)c3ccccc32)cc(C(C)(C)C)c1.[Pt]. The van der Waals surface area contributed by atoms with Crippen LogP contribution in [0.25, 0.3) is 27.6 Å². The number of benzene rings is 6. The minimum atomic E-state index is -0.313. The fraction of sp³-hybridized carbons (Fsp3) is 0.354. The molecule has 3 heterocycles. The monoisotopic (exact) mass is 1120 g/mol. The number of hydrogen-bond acceptors (Lipinski definition) is 4. The van der Waals surface area contributed by atoms with Gasteiger partial charge in [0.25, 0.3) is 0 Å². The number of anilines is 4. The average molecular weight is 1120 g/mol. The van der Waals surface area contributed by atoms with Crippen LogP contribution in [0, 0.1) is 18.8 Å². The first-order chi connectivity index (χ1) is 32.6. The summed E-state index contributed by atoms with van der Waals surface area (Å²) in [6.07, 6.45) is 1.96. The number of ether oxygens (including phenoxy) is 1. The zero-order valence-electron chi connectivity index (χ0n) is 45.2. The fourth-order valence-corrected chi connectivity index (χ4v) is 9.52. The maximum Gasteiger partial charge on any atom is 0.135 e. The van der Waals surface area contributed by atoms with Crippen LogP contribution < -0.4 is 14.5 Å². The molecule has 5 nitrogen and oxygen atoms in total. The Bertz CT molecular complexity index is 3220. The first-order valence-corrected chi connectivity index (χ1v) is 25.1. The molecule has 0 aliphatic carbocycles. The van der Waals surface area contributed by atoms with Gasteiger partial charge in [0.15, 0.2) is 0 Å². The molecule has 0 unspecified atom stereocenters. The molecule has 0 fully saturated rings. The smallest absolute Gasteiger partial charge is 0.135 e. The van der Waals surface area contributed by atoms with Gasteiger partial charge in [-0.2, -0.15) is 12.1 Å². The quantitative estimate of drug-likeness (QED) is 0.149. The van der Waals surface area contributed by atoms with Crippen molar-refractivity contribution in [1.29, 1.82) is 0 Å². The molecule has 0 bridgehead atoms. The van der Waals surface area contributed by atoms with Crippen molar-refractivity contribution in [3.8, 4) is 17.3 Å². The number of nitrogens with zero attached hydrogens (tertiary/aromatic N) is 4. The van der Waals surface area contributed by atoms with Gasteiger partial charge in [-0.25, -0.2) is 4.98 Å². The van der Waals surface area contributed by atoms with E-state index >= 15 is 0 Å². The fourth-order valence-electron chi connectivity index (χ4n) is 9.52. The Balaban J connectivity index is 0.00000676. The van der Waals surface area contributed by atoms with Crippen LogP contribution in [0.4, 0.5) is 22.7 Å². The summed E-state index contributed by atoms with van der Waals surface area (Å²) in [6, 6.07) is 51.9. The molecule has 0 amide bonds. The molecule has 71 heavy (non-hydrogen) atoms. The normalized spacial score (nSPS) is 13.8. The molecule has 0 radical (unpaired) electrons. The topological polar surface area (TPSA) is 33.5 Å². The standard InChI is InChI=1S/C65H73N4O.Pt/c1-60(2,3)42-25-28-55-54(37-42)53-27-26-52(40-58(53)69(55)59-38-43(29-30-66-59)65(16,17)48-33-44(61(4,5)6)31-45(34-48)62(7,8)9)70-51-22-20-21-49(39-51)67-41-68(57-24-19-18-23-56(57)67)50-35-46(63(10,11)12)32-47(36-50)64(13,14)15;/h18-38,41H,1-17H3;/q-3;. The summed E-state index contributed by atoms with van der Waals surface area (Å²) in [5, 5.41) is 2.26. The Hall–Kier alpha value is -5.64. The van der Waals surface area contributed by atoms with E-state index in [1.54, 1.807) is 0 Å². The molecule has 0 spiro atoms. The predicted octanol–water partition coefficient (Wildman–Crippen LogP) is 17.8. The summed E-state index contributed by atoms with van der Waals surface area (Å²) in [5.41, 5.74) is 14.9. The first kappa shape index (κ1) is 51.7. The third-order valence-electron chi connectivity index (χ3n) is 14.4. The molecule has 6 heteroatoms. The minimum Gasteiger partial charge on any atom is -0.509 e. The zero-order valence-corrected chi connectivity index (χ0v) is 47.5. The zero-order chi connectivity index (χ0) is 50.5. The van der Waals surface area contributed by atoms with E-state index in [4.69, 9.17) is 9.72 Å². The number of rotatable bonds is 7. The van der Waals surface area contributed by atoms with E-state index in [1.165, 1.54) is 38.9 Å². The third kappa shape index (κ3) is 10.1. The van der Waals surface area contributed by atoms with Gasteiger partial charge in [0.05, 0.1) is 0 Å². The summed E-state index contributed by atoms with van der Waals surface area (Å²) < 4.78 is 9.04. The molecule has 1 aliphatic rings. The van der Waals surface area contributed by atoms with Gasteiger partial charge in [0, 0.05) is 66.8 Å². The summed E-state index contributed by atoms with van der Waals surface area (Å²) in [6.45, 7) is 41.2. The van der Waals surface area contributed by atoms with Crippen LogP contribution in [0.15, 0.2) is 128 Å². The third-order valence-corrected chi connectivity index (χ3v) is 14.4. The first-order valence-electron chi connectivity index (χ1n) is 25.1. The molecule has 2 aromatic heterocycles. The Morgan fingerprint density at radius 3 is 1.56 bits per heavy atom. The number of aromatic nitrogens is 2. The molecule has 9 rings (SSSR count). The van der Waals surface area contributed by atoms with E-state index in [-0.39, 0.29) is 53.6 Å². The van der Waals surface area contributed by atoms with Crippen molar-refractivity contribution in [3.05, 3.63) is 185 Å². The summed E-state index contributed by atoms with van der Waals surface area (Å²) in [7, 11) is 0. The molecule has 0 N–H and O–H groups in total. The number of pyridine rings is 1. The Kier molecular flexibility index (Phi) is 13.2. The van der Waals surface area contributed by atoms with Gasteiger partial charge in [-0.1, -0.05) is 172 Å². The second-order valence-corrected chi connectivity index (χ2v) is 25.3. The Morgan fingerprint density at radius 2 is 0.986 bits per heavy atom. The van der Waals surface area contributed by atoms with Crippen molar-refractivity contribution >= 4 is 44.6 Å². The maximum absolute atomic E-state index is 6.77. The summed E-state index contributed by atoms with van der Waals surface area (Å²) >= 11 is 0. The van der Waals surface area contributed by atoms with Crippen molar-refractivity contribution in [3.63, 3.8) is 0 Å². The van der Waals surface area contributed by atoms with Gasteiger partial charge in [-0.3, -0.25) is 0 Å². The van der Waals surface area contributed by atoms with Gasteiger partial charge in [0.1, 0.15) is 5.82 Å². The molecule has 372 valence electrons. The molecular weight excluding hydrogens is 1050 g/mol. The van der Waals surface area contributed by atoms with Crippen LogP contribution in [0.3, 0.4) is 0 Å². The van der Waals surface area contributed by atoms with Crippen molar-refractivity contribution in [2.75, 3.05) is 9.80 Å². The molecule has 0 saturated carbocycles. The van der Waals surface area contributed by atoms with Gasteiger partial charge in [-0.15, -0.1) is 48.1 Å². The molecule has 6 aromatic carbocycles. The Morgan fingerprint density at radius 1 is 0.451 bits per heavy atom. The van der Waals surface area contributed by atoms with E-state index in [1.807, 2.05) is 24.4 Å². The van der Waals surface area contributed by atoms with Crippen molar-refractivity contribution in [2.24, 2.45) is 0 Å². The van der Waals surface area contributed by atoms with Crippen molar-refractivity contribution in [1.82, 2.24) is 9.55 Å². The second-order valence-electron chi connectivity index (χ2n) is 25.3. The van der Waals surface area contributed by atoms with Crippen LogP contribution in [-0.4, -0.2) is 9.55 Å². The number of fused-ring (bicyclic) bond motifs is 4. The van der Waals surface area contributed by atoms with Crippen LogP contribution in [0.2, 0.25) is 0 Å². The van der Waals surface area contributed by atoms with E-state index < -0.39 is 0 Å². The van der Waals surface area contributed by atoms with Crippen LogP contribution in [0.1, 0.15) is 157 Å². The summed E-state index contributed by atoms with van der Waals surface area (Å²) in [4.78, 5) is 9.63. The van der Waals surface area contributed by atoms with E-state index in [9.17, 15) is 0 Å². The van der Waals surface area contributed by atoms with E-state index in [0.29, 0.717) is 11.5 Å². The average Bonchev–Trinajstić information content (AvgIpc) is 3.83.